The number of hydrogen-bond acceptors (Lipinski definition) is 3. The molecule has 0 saturated carbocycles. The largest absolute Gasteiger partial charge is 0.376 e. The normalized spacial score (nSPS) is 19.4. The van der Waals surface area contributed by atoms with Crippen LogP contribution in [0, 0.1) is 17.2 Å². The van der Waals surface area contributed by atoms with Crippen molar-refractivity contribution in [1.29, 1.82) is 5.26 Å². The fraction of sp³-hybridized carbons (Fsp3) is 0.583. The maximum atomic E-state index is 9.17. The average molecular weight is 220 g/mol. The van der Waals surface area contributed by atoms with Crippen LogP contribution in [0.15, 0.2) is 0 Å². The molecule has 2 rings (SSSR count). The summed E-state index contributed by atoms with van der Waals surface area (Å²) in [6, 6.07) is 2.35. The Labute approximate surface area is 94.9 Å². The van der Waals surface area contributed by atoms with Gasteiger partial charge in [0.1, 0.15) is 11.1 Å². The van der Waals surface area contributed by atoms with Crippen LogP contribution < -0.4 is 5.32 Å². The second-order valence-electron chi connectivity index (χ2n) is 4.20. The van der Waals surface area contributed by atoms with Crippen LogP contribution in [-0.4, -0.2) is 6.54 Å². The van der Waals surface area contributed by atoms with Crippen molar-refractivity contribution in [2.24, 2.45) is 5.92 Å². The number of nitrogens with one attached hydrogen (secondary N) is 1. The summed E-state index contributed by atoms with van der Waals surface area (Å²) in [5.74, 6) is 0.775. The van der Waals surface area contributed by atoms with E-state index in [1.807, 2.05) is 0 Å². The van der Waals surface area contributed by atoms with Crippen LogP contribution in [0.1, 0.15) is 36.3 Å². The lowest BCUT2D eigenvalue weighted by molar-refractivity contribution is 0.507. The maximum absolute atomic E-state index is 9.17. The lowest BCUT2D eigenvalue weighted by atomic mass is 9.89. The van der Waals surface area contributed by atoms with Gasteiger partial charge in [0.15, 0.2) is 0 Å². The highest BCUT2D eigenvalue weighted by Gasteiger charge is 2.23. The monoisotopic (exact) mass is 220 g/mol. The molecule has 1 aromatic rings. The molecule has 0 bridgehead atoms. The topological polar surface area (TPSA) is 35.8 Å². The highest BCUT2D eigenvalue weighted by molar-refractivity contribution is 7.16. The van der Waals surface area contributed by atoms with Gasteiger partial charge in [0.25, 0.3) is 0 Å². The van der Waals surface area contributed by atoms with Crippen LogP contribution in [0.2, 0.25) is 0 Å². The zero-order chi connectivity index (χ0) is 10.8. The summed E-state index contributed by atoms with van der Waals surface area (Å²) in [6.07, 6.45) is 3.46. The van der Waals surface area contributed by atoms with Gasteiger partial charge in [-0.3, -0.25) is 0 Å². The third kappa shape index (κ3) is 1.87. The molecule has 1 N–H and O–H groups in total. The van der Waals surface area contributed by atoms with Crippen LogP contribution in [0.3, 0.4) is 0 Å². The van der Waals surface area contributed by atoms with E-state index < -0.39 is 0 Å². The summed E-state index contributed by atoms with van der Waals surface area (Å²) in [5.41, 5.74) is 2.22. The van der Waals surface area contributed by atoms with Crippen molar-refractivity contribution in [2.75, 3.05) is 11.9 Å². The van der Waals surface area contributed by atoms with E-state index >= 15 is 0 Å². The number of rotatable bonds is 2. The first kappa shape index (κ1) is 10.5. The Hall–Kier alpha value is -1.01. The van der Waals surface area contributed by atoms with Gasteiger partial charge in [-0.25, -0.2) is 0 Å². The molecule has 0 radical (unpaired) electrons. The molecule has 1 atom stereocenters. The summed E-state index contributed by atoms with van der Waals surface area (Å²) in [4.78, 5) is 1.43. The quantitative estimate of drug-likeness (QED) is 0.831. The lowest BCUT2D eigenvalue weighted by Crippen LogP contribution is -2.09. The number of nitriles is 1. The van der Waals surface area contributed by atoms with E-state index in [2.05, 4.69) is 25.2 Å². The van der Waals surface area contributed by atoms with E-state index in [9.17, 15) is 5.26 Å². The predicted molar refractivity (Wildman–Crippen MR) is 64.4 cm³/mol. The zero-order valence-corrected chi connectivity index (χ0v) is 10.1. The maximum Gasteiger partial charge on any atom is 0.107 e. The Balaban J connectivity index is 2.40. The van der Waals surface area contributed by atoms with Crippen LogP contribution in [0.5, 0.6) is 0 Å². The summed E-state index contributed by atoms with van der Waals surface area (Å²) in [7, 11) is 0. The van der Waals surface area contributed by atoms with Gasteiger partial charge in [-0.05, 0) is 37.7 Å². The van der Waals surface area contributed by atoms with Gasteiger partial charge in [0, 0.05) is 11.4 Å². The third-order valence-electron chi connectivity index (χ3n) is 2.96. The predicted octanol–water partition coefficient (Wildman–Crippen LogP) is 3.18. The van der Waals surface area contributed by atoms with Crippen molar-refractivity contribution >= 4 is 16.3 Å². The summed E-state index contributed by atoms with van der Waals surface area (Å²) >= 11 is 1.78. The fourth-order valence-corrected chi connectivity index (χ4v) is 3.58. The van der Waals surface area contributed by atoms with E-state index in [1.54, 1.807) is 11.3 Å². The lowest BCUT2D eigenvalue weighted by Gasteiger charge is -2.17. The van der Waals surface area contributed by atoms with Crippen LogP contribution >= 0.6 is 11.3 Å². The highest BCUT2D eigenvalue weighted by Crippen LogP contribution is 2.38. The zero-order valence-electron chi connectivity index (χ0n) is 9.26. The molecule has 0 spiro atoms. The molecular weight excluding hydrogens is 204 g/mol. The first-order chi connectivity index (χ1) is 7.26. The summed E-state index contributed by atoms with van der Waals surface area (Å²) in [5, 5.41) is 13.6. The van der Waals surface area contributed by atoms with Gasteiger partial charge in [0.2, 0.25) is 0 Å². The molecule has 1 aliphatic carbocycles. The van der Waals surface area contributed by atoms with E-state index in [0.717, 1.165) is 35.9 Å². The Morgan fingerprint density at radius 1 is 1.60 bits per heavy atom. The van der Waals surface area contributed by atoms with Crippen molar-refractivity contribution < 1.29 is 0 Å². The molecular formula is C12H16N2S. The molecule has 15 heavy (non-hydrogen) atoms. The average Bonchev–Trinajstić information content (AvgIpc) is 2.54. The smallest absolute Gasteiger partial charge is 0.107 e. The Bertz CT molecular complexity index is 400. The van der Waals surface area contributed by atoms with Crippen LogP contribution in [0.25, 0.3) is 0 Å². The standard InChI is InChI=1S/C12H16N2S/c1-3-14-12-10(7-13)9-5-4-8(2)6-11(9)15-12/h8,14H,3-6H2,1-2H3. The van der Waals surface area contributed by atoms with Gasteiger partial charge in [-0.1, -0.05) is 6.92 Å². The molecule has 0 aromatic carbocycles. The molecule has 0 saturated heterocycles. The van der Waals surface area contributed by atoms with Crippen molar-refractivity contribution in [3.8, 4) is 6.07 Å². The molecule has 0 aliphatic heterocycles. The minimum atomic E-state index is 0.775. The molecule has 0 fully saturated rings. The van der Waals surface area contributed by atoms with E-state index in [-0.39, 0.29) is 0 Å². The van der Waals surface area contributed by atoms with Crippen molar-refractivity contribution in [2.45, 2.75) is 33.1 Å². The van der Waals surface area contributed by atoms with Gasteiger partial charge in [-0.15, -0.1) is 11.3 Å². The molecule has 1 unspecified atom stereocenters. The number of nitrogens with zero attached hydrogens (tertiary/aromatic N) is 1. The van der Waals surface area contributed by atoms with Gasteiger partial charge in [0.05, 0.1) is 5.56 Å². The third-order valence-corrected chi connectivity index (χ3v) is 4.17. The van der Waals surface area contributed by atoms with Crippen molar-refractivity contribution in [3.63, 3.8) is 0 Å². The molecule has 3 heteroatoms. The van der Waals surface area contributed by atoms with Crippen LogP contribution in [0.4, 0.5) is 5.00 Å². The molecule has 2 nitrogen and oxygen atoms in total. The minimum Gasteiger partial charge on any atom is -0.376 e. The molecule has 80 valence electrons. The molecule has 0 amide bonds. The molecule has 1 heterocycles. The number of hydrogen-bond donors (Lipinski definition) is 1. The summed E-state index contributed by atoms with van der Waals surface area (Å²) < 4.78 is 0. The van der Waals surface area contributed by atoms with E-state index in [1.165, 1.54) is 16.9 Å². The molecule has 1 aromatic heterocycles. The SMILES string of the molecule is CCNc1sc2c(c1C#N)CCC(C)C2. The fourth-order valence-electron chi connectivity index (χ4n) is 2.15. The Morgan fingerprint density at radius 3 is 3.07 bits per heavy atom. The van der Waals surface area contributed by atoms with Crippen LogP contribution in [-0.2, 0) is 12.8 Å². The Kier molecular flexibility index (Phi) is 2.97. The first-order valence-electron chi connectivity index (χ1n) is 5.54. The number of anilines is 1. The van der Waals surface area contributed by atoms with Gasteiger partial charge in [-0.2, -0.15) is 5.26 Å². The first-order valence-corrected chi connectivity index (χ1v) is 6.36. The summed E-state index contributed by atoms with van der Waals surface area (Å²) in [6.45, 7) is 5.26. The van der Waals surface area contributed by atoms with Crippen molar-refractivity contribution in [3.05, 3.63) is 16.0 Å². The Morgan fingerprint density at radius 2 is 2.40 bits per heavy atom. The van der Waals surface area contributed by atoms with Gasteiger partial charge < -0.3 is 5.32 Å². The van der Waals surface area contributed by atoms with Gasteiger partial charge >= 0.3 is 0 Å². The van der Waals surface area contributed by atoms with Crippen molar-refractivity contribution in [1.82, 2.24) is 0 Å². The minimum absolute atomic E-state index is 0.775. The number of thiophene rings is 1. The van der Waals surface area contributed by atoms with E-state index in [4.69, 9.17) is 0 Å². The molecule has 1 aliphatic rings. The second-order valence-corrected chi connectivity index (χ2v) is 5.30. The highest BCUT2D eigenvalue weighted by atomic mass is 32.1. The van der Waals surface area contributed by atoms with E-state index in [0.29, 0.717) is 0 Å². The second kappa shape index (κ2) is 4.24. The number of fused-ring (bicyclic) bond motifs is 1.